The van der Waals surface area contributed by atoms with Crippen molar-refractivity contribution < 1.29 is 19.0 Å². The lowest BCUT2D eigenvalue weighted by molar-refractivity contribution is 0.0188. The van der Waals surface area contributed by atoms with Crippen LogP contribution in [0.15, 0.2) is 36.4 Å². The van der Waals surface area contributed by atoms with Crippen LogP contribution in [0.4, 0.5) is 4.79 Å². The van der Waals surface area contributed by atoms with E-state index in [0.29, 0.717) is 44.8 Å². The standard InChI is InChI=1S/C34H44N4O4/c1-22-9-6-10-23-11-7-13-26(30(22)23)29-19-28-27(21-40-29)31(36-32(35-28)41-20-25-12-8-16-37(25)5)24-14-17-38(18-15-24)33(39)42-34(2,3)4/h6-7,9-11,13,24-25,29H,8,12,14-21H2,1-5H3/t25-,29?/m0/s1. The molecule has 2 fully saturated rings. The first-order valence-corrected chi connectivity index (χ1v) is 15.5. The Morgan fingerprint density at radius 3 is 2.52 bits per heavy atom. The molecular formula is C34H44N4O4. The minimum Gasteiger partial charge on any atom is -0.462 e. The van der Waals surface area contributed by atoms with Gasteiger partial charge in [-0.25, -0.2) is 4.79 Å². The van der Waals surface area contributed by atoms with Gasteiger partial charge in [-0.1, -0.05) is 36.4 Å². The Hall–Kier alpha value is -3.23. The summed E-state index contributed by atoms with van der Waals surface area (Å²) in [5.41, 5.74) is 5.08. The van der Waals surface area contributed by atoms with Gasteiger partial charge in [0, 0.05) is 37.0 Å². The number of carbonyl (C=O) groups excluding carboxylic acids is 1. The van der Waals surface area contributed by atoms with Crippen LogP contribution in [0.1, 0.15) is 86.6 Å². The number of aromatic nitrogens is 2. The zero-order valence-electron chi connectivity index (χ0n) is 25.7. The SMILES string of the molecule is Cc1cccc2cccc(C3Cc4nc(OC[C@@H]5CCCN5C)nc(C5CCN(C(=O)OC(C)(C)C)CC5)c4CO3)c12. The van der Waals surface area contributed by atoms with Gasteiger partial charge < -0.3 is 24.0 Å². The highest BCUT2D eigenvalue weighted by Crippen LogP contribution is 2.39. The van der Waals surface area contributed by atoms with Gasteiger partial charge in [-0.2, -0.15) is 9.97 Å². The Labute approximate surface area is 249 Å². The Morgan fingerprint density at radius 1 is 1.05 bits per heavy atom. The lowest BCUT2D eigenvalue weighted by Gasteiger charge is -2.35. The second kappa shape index (κ2) is 11.8. The molecule has 42 heavy (non-hydrogen) atoms. The number of hydrogen-bond acceptors (Lipinski definition) is 7. The van der Waals surface area contributed by atoms with E-state index in [2.05, 4.69) is 55.3 Å². The Morgan fingerprint density at radius 2 is 1.81 bits per heavy atom. The number of benzene rings is 2. The number of amides is 1. The molecule has 0 bridgehead atoms. The van der Waals surface area contributed by atoms with Gasteiger partial charge in [-0.05, 0) is 88.9 Å². The first-order chi connectivity index (χ1) is 20.2. The van der Waals surface area contributed by atoms with Crippen LogP contribution < -0.4 is 4.74 Å². The second-order valence-corrected chi connectivity index (χ2v) is 13.2. The van der Waals surface area contributed by atoms with Crippen molar-refractivity contribution in [2.45, 2.75) is 90.1 Å². The first-order valence-electron chi connectivity index (χ1n) is 15.5. The molecule has 6 rings (SSSR count). The number of aryl methyl sites for hydroxylation is 1. The maximum Gasteiger partial charge on any atom is 0.410 e. The van der Waals surface area contributed by atoms with E-state index in [4.69, 9.17) is 24.2 Å². The average molecular weight is 573 g/mol. The number of hydrogen-bond donors (Lipinski definition) is 0. The summed E-state index contributed by atoms with van der Waals surface area (Å²) in [6.07, 6.45) is 4.31. The van der Waals surface area contributed by atoms with Crippen LogP contribution in [0.3, 0.4) is 0 Å². The van der Waals surface area contributed by atoms with Crippen molar-refractivity contribution in [3.63, 3.8) is 0 Å². The zero-order valence-corrected chi connectivity index (χ0v) is 25.7. The van der Waals surface area contributed by atoms with Gasteiger partial charge in [0.2, 0.25) is 0 Å². The highest BCUT2D eigenvalue weighted by atomic mass is 16.6. The lowest BCUT2D eigenvalue weighted by atomic mass is 9.87. The summed E-state index contributed by atoms with van der Waals surface area (Å²) < 4.78 is 18.5. The molecule has 0 aliphatic carbocycles. The summed E-state index contributed by atoms with van der Waals surface area (Å²) in [5.74, 6) is 0.205. The fraction of sp³-hybridized carbons (Fsp3) is 0.559. The molecule has 1 aromatic heterocycles. The summed E-state index contributed by atoms with van der Waals surface area (Å²) in [4.78, 5) is 26.9. The molecule has 3 aliphatic rings. The number of carbonyl (C=O) groups is 1. The summed E-state index contributed by atoms with van der Waals surface area (Å²) in [7, 11) is 2.16. The number of likely N-dealkylation sites (N-methyl/N-ethyl adjacent to an activating group) is 1. The molecule has 2 saturated heterocycles. The van der Waals surface area contributed by atoms with E-state index < -0.39 is 5.60 Å². The van der Waals surface area contributed by atoms with Gasteiger partial charge in [0.05, 0.1) is 24.1 Å². The smallest absolute Gasteiger partial charge is 0.410 e. The van der Waals surface area contributed by atoms with Crippen LogP contribution in [0.5, 0.6) is 6.01 Å². The Kier molecular flexibility index (Phi) is 8.11. The van der Waals surface area contributed by atoms with Crippen molar-refractivity contribution in [3.05, 3.63) is 64.5 Å². The van der Waals surface area contributed by atoms with Crippen LogP contribution in [0, 0.1) is 6.92 Å². The van der Waals surface area contributed by atoms with Gasteiger partial charge in [0.25, 0.3) is 0 Å². The molecule has 4 heterocycles. The first kappa shape index (κ1) is 28.9. The van der Waals surface area contributed by atoms with Gasteiger partial charge in [0.1, 0.15) is 12.2 Å². The van der Waals surface area contributed by atoms with Crippen LogP contribution in [-0.4, -0.2) is 70.8 Å². The van der Waals surface area contributed by atoms with Gasteiger partial charge in [-0.3, -0.25) is 0 Å². The van der Waals surface area contributed by atoms with E-state index in [9.17, 15) is 4.79 Å². The van der Waals surface area contributed by atoms with E-state index >= 15 is 0 Å². The topological polar surface area (TPSA) is 77.0 Å². The maximum absolute atomic E-state index is 12.7. The number of likely N-dealkylation sites (tertiary alicyclic amines) is 2. The van der Waals surface area contributed by atoms with E-state index in [-0.39, 0.29) is 18.1 Å². The van der Waals surface area contributed by atoms with Crippen LogP contribution in [-0.2, 0) is 22.5 Å². The minimum atomic E-state index is -0.504. The molecular weight excluding hydrogens is 528 g/mol. The van der Waals surface area contributed by atoms with Gasteiger partial charge >= 0.3 is 12.1 Å². The minimum absolute atomic E-state index is 0.0899. The third-order valence-electron chi connectivity index (χ3n) is 9.01. The van der Waals surface area contributed by atoms with E-state index in [1.165, 1.54) is 28.3 Å². The number of fused-ring (bicyclic) bond motifs is 2. The molecule has 3 aromatic rings. The molecule has 224 valence electrons. The third-order valence-corrected chi connectivity index (χ3v) is 9.01. The predicted octanol–water partition coefficient (Wildman–Crippen LogP) is 6.34. The maximum atomic E-state index is 12.7. The van der Waals surface area contributed by atoms with Crippen molar-refractivity contribution in [1.82, 2.24) is 19.8 Å². The number of ether oxygens (including phenoxy) is 3. The molecule has 1 unspecified atom stereocenters. The lowest BCUT2D eigenvalue weighted by Crippen LogP contribution is -2.41. The molecule has 8 nitrogen and oxygen atoms in total. The summed E-state index contributed by atoms with van der Waals surface area (Å²) >= 11 is 0. The Bertz CT molecular complexity index is 1440. The fourth-order valence-electron chi connectivity index (χ4n) is 6.73. The summed E-state index contributed by atoms with van der Waals surface area (Å²) in [6, 6.07) is 13.8. The third kappa shape index (κ3) is 6.11. The molecule has 0 radical (unpaired) electrons. The van der Waals surface area contributed by atoms with Crippen LogP contribution in [0.2, 0.25) is 0 Å². The van der Waals surface area contributed by atoms with E-state index in [0.717, 1.165) is 42.8 Å². The molecule has 2 aromatic carbocycles. The quantitative estimate of drug-likeness (QED) is 0.353. The van der Waals surface area contributed by atoms with Crippen LogP contribution >= 0.6 is 0 Å². The zero-order chi connectivity index (χ0) is 29.4. The average Bonchev–Trinajstić information content (AvgIpc) is 3.38. The van der Waals surface area contributed by atoms with E-state index in [1.807, 2.05) is 25.7 Å². The van der Waals surface area contributed by atoms with Crippen molar-refractivity contribution >= 4 is 16.9 Å². The number of nitrogens with zero attached hydrogens (tertiary/aromatic N) is 4. The van der Waals surface area contributed by atoms with Crippen molar-refractivity contribution in [1.29, 1.82) is 0 Å². The van der Waals surface area contributed by atoms with Crippen LogP contribution in [0.25, 0.3) is 10.8 Å². The van der Waals surface area contributed by atoms with Crippen molar-refractivity contribution in [2.75, 3.05) is 33.3 Å². The molecule has 3 aliphatic heterocycles. The number of rotatable bonds is 5. The highest BCUT2D eigenvalue weighted by Gasteiger charge is 2.34. The molecule has 0 N–H and O–H groups in total. The molecule has 2 atom stereocenters. The molecule has 8 heteroatoms. The second-order valence-electron chi connectivity index (χ2n) is 13.2. The summed E-state index contributed by atoms with van der Waals surface area (Å²) in [6.45, 7) is 11.3. The van der Waals surface area contributed by atoms with Crippen molar-refractivity contribution in [3.8, 4) is 6.01 Å². The van der Waals surface area contributed by atoms with Crippen molar-refractivity contribution in [2.24, 2.45) is 0 Å². The molecule has 0 saturated carbocycles. The largest absolute Gasteiger partial charge is 0.462 e. The molecule has 0 spiro atoms. The normalized spacial score (nSPS) is 21.9. The number of piperidine rings is 1. The van der Waals surface area contributed by atoms with Gasteiger partial charge in [-0.15, -0.1) is 0 Å². The highest BCUT2D eigenvalue weighted by molar-refractivity contribution is 5.89. The Balaban J connectivity index is 1.27. The monoisotopic (exact) mass is 572 g/mol. The summed E-state index contributed by atoms with van der Waals surface area (Å²) in [5, 5.41) is 2.49. The fourth-order valence-corrected chi connectivity index (χ4v) is 6.73. The van der Waals surface area contributed by atoms with Gasteiger partial charge in [0.15, 0.2) is 0 Å². The predicted molar refractivity (Wildman–Crippen MR) is 163 cm³/mol. The van der Waals surface area contributed by atoms with E-state index in [1.54, 1.807) is 0 Å². The molecule has 1 amide bonds.